The zero-order valence-corrected chi connectivity index (χ0v) is 11.1. The molecule has 0 saturated carbocycles. The number of amides is 1. The van der Waals surface area contributed by atoms with Crippen molar-refractivity contribution >= 4 is 21.8 Å². The Kier molecular flexibility index (Phi) is 4.95. The molecule has 0 radical (unpaired) electrons. The molecule has 0 fully saturated rings. The zero-order valence-electron chi connectivity index (χ0n) is 10.3. The molecule has 1 aromatic carbocycles. The molecular weight excluding hydrogens is 274 g/mol. The van der Waals surface area contributed by atoms with E-state index in [1.165, 1.54) is 25.3 Å². The summed E-state index contributed by atoms with van der Waals surface area (Å²) in [4.78, 5) is 10.3. The number of sulfonamides is 1. The summed E-state index contributed by atoms with van der Waals surface area (Å²) in [5, 5.41) is 0. The Hall–Kier alpha value is -2.00. The minimum absolute atomic E-state index is 0.0525. The fraction of sp³-hybridized carbons (Fsp3) is 0.300. The van der Waals surface area contributed by atoms with E-state index >= 15 is 0 Å². The molecule has 5 N–H and O–H groups in total. The van der Waals surface area contributed by atoms with Gasteiger partial charge in [0.1, 0.15) is 17.3 Å². The molecule has 0 heterocycles. The second kappa shape index (κ2) is 6.25. The van der Waals surface area contributed by atoms with Crippen LogP contribution in [0.3, 0.4) is 0 Å². The zero-order chi connectivity index (χ0) is 14.5. The van der Waals surface area contributed by atoms with Gasteiger partial charge in [0.2, 0.25) is 10.0 Å². The molecule has 1 amide bonds. The molecule has 0 aliphatic heterocycles. The predicted octanol–water partition coefficient (Wildman–Crippen LogP) is -0.349. The number of ether oxygens (including phenoxy) is 2. The number of carbonyl (C=O) groups is 1. The van der Waals surface area contributed by atoms with Gasteiger partial charge >= 0.3 is 6.09 Å². The smallest absolute Gasteiger partial charge is 0.404 e. The Labute approximate surface area is 110 Å². The summed E-state index contributed by atoms with van der Waals surface area (Å²) in [6.07, 6.45) is -0.968. The summed E-state index contributed by atoms with van der Waals surface area (Å²) in [6.45, 7) is -0.259. The van der Waals surface area contributed by atoms with Crippen molar-refractivity contribution in [2.75, 3.05) is 26.0 Å². The third-order valence-corrected chi connectivity index (χ3v) is 3.62. The van der Waals surface area contributed by atoms with E-state index in [1.54, 1.807) is 0 Å². The molecule has 0 aromatic heterocycles. The lowest BCUT2D eigenvalue weighted by atomic mass is 10.3. The van der Waals surface area contributed by atoms with Crippen LogP contribution < -0.4 is 20.9 Å². The Morgan fingerprint density at radius 3 is 2.68 bits per heavy atom. The summed E-state index contributed by atoms with van der Waals surface area (Å²) >= 11 is 0. The molecule has 0 bridgehead atoms. The van der Waals surface area contributed by atoms with E-state index in [2.05, 4.69) is 9.46 Å². The highest BCUT2D eigenvalue weighted by Crippen LogP contribution is 2.25. The molecule has 0 unspecified atom stereocenters. The molecule has 0 spiro atoms. The second-order valence-electron chi connectivity index (χ2n) is 3.48. The molecular formula is C10H15N3O5S. The minimum Gasteiger partial charge on any atom is -0.495 e. The number of benzene rings is 1. The second-order valence-corrected chi connectivity index (χ2v) is 5.21. The summed E-state index contributed by atoms with van der Waals surface area (Å²) in [7, 11) is -2.44. The van der Waals surface area contributed by atoms with E-state index in [-0.39, 0.29) is 23.8 Å². The number of carbonyl (C=O) groups excluding carboxylic acids is 1. The third kappa shape index (κ3) is 4.30. The highest BCUT2D eigenvalue weighted by atomic mass is 32.2. The van der Waals surface area contributed by atoms with Crippen molar-refractivity contribution in [1.82, 2.24) is 4.72 Å². The lowest BCUT2D eigenvalue weighted by Gasteiger charge is -2.11. The normalized spacial score (nSPS) is 11.0. The van der Waals surface area contributed by atoms with Crippen molar-refractivity contribution in [3.63, 3.8) is 0 Å². The SMILES string of the molecule is COc1cc(N)ccc1S(=O)(=O)NCCOC(N)=O. The largest absolute Gasteiger partial charge is 0.495 e. The van der Waals surface area contributed by atoms with Crippen LogP contribution in [0, 0.1) is 0 Å². The molecule has 8 nitrogen and oxygen atoms in total. The molecule has 9 heteroatoms. The highest BCUT2D eigenvalue weighted by Gasteiger charge is 2.19. The number of methoxy groups -OCH3 is 1. The van der Waals surface area contributed by atoms with Crippen molar-refractivity contribution in [1.29, 1.82) is 0 Å². The van der Waals surface area contributed by atoms with E-state index in [1.807, 2.05) is 0 Å². The third-order valence-electron chi connectivity index (χ3n) is 2.12. The van der Waals surface area contributed by atoms with Gasteiger partial charge in [-0.15, -0.1) is 0 Å². The fourth-order valence-corrected chi connectivity index (χ4v) is 2.47. The lowest BCUT2D eigenvalue weighted by Crippen LogP contribution is -2.29. The van der Waals surface area contributed by atoms with Crippen LogP contribution in [0.5, 0.6) is 5.75 Å². The number of anilines is 1. The molecule has 0 saturated heterocycles. The van der Waals surface area contributed by atoms with Crippen molar-refractivity contribution in [2.45, 2.75) is 4.90 Å². The van der Waals surface area contributed by atoms with Crippen molar-refractivity contribution < 1.29 is 22.7 Å². The van der Waals surface area contributed by atoms with Gasteiger partial charge in [0.25, 0.3) is 0 Å². The highest BCUT2D eigenvalue weighted by molar-refractivity contribution is 7.89. The van der Waals surface area contributed by atoms with Gasteiger partial charge in [-0.1, -0.05) is 0 Å². The number of rotatable bonds is 6. The Bertz CT molecular complexity index is 558. The van der Waals surface area contributed by atoms with Gasteiger partial charge in [0.05, 0.1) is 7.11 Å². The van der Waals surface area contributed by atoms with Crippen LogP contribution in [0.4, 0.5) is 10.5 Å². The molecule has 0 aliphatic carbocycles. The maximum atomic E-state index is 12.0. The first-order valence-corrected chi connectivity index (χ1v) is 6.70. The van der Waals surface area contributed by atoms with Gasteiger partial charge < -0.3 is 20.9 Å². The van der Waals surface area contributed by atoms with Crippen LogP contribution in [-0.2, 0) is 14.8 Å². The number of hydrogen-bond acceptors (Lipinski definition) is 6. The van der Waals surface area contributed by atoms with E-state index in [9.17, 15) is 13.2 Å². The summed E-state index contributed by atoms with van der Waals surface area (Å²) in [5.74, 6) is 0.128. The standard InChI is InChI=1S/C10H15N3O5S/c1-17-8-6-7(11)2-3-9(8)19(15,16)13-4-5-18-10(12)14/h2-3,6,13H,4-5,11H2,1H3,(H2,12,14). The van der Waals surface area contributed by atoms with E-state index in [0.717, 1.165) is 0 Å². The number of nitrogens with two attached hydrogens (primary N) is 2. The first-order valence-electron chi connectivity index (χ1n) is 5.22. The quantitative estimate of drug-likeness (QED) is 0.484. The molecule has 1 aromatic rings. The van der Waals surface area contributed by atoms with Gasteiger partial charge in [-0.2, -0.15) is 0 Å². The van der Waals surface area contributed by atoms with Crippen LogP contribution in [0.25, 0.3) is 0 Å². The van der Waals surface area contributed by atoms with Crippen LogP contribution in [0.1, 0.15) is 0 Å². The molecule has 1 rings (SSSR count). The average Bonchev–Trinajstić information content (AvgIpc) is 2.34. The summed E-state index contributed by atoms with van der Waals surface area (Å²) < 4.78 is 35.5. The van der Waals surface area contributed by atoms with E-state index in [4.69, 9.17) is 16.2 Å². The molecule has 0 atom stereocenters. The van der Waals surface area contributed by atoms with Crippen molar-refractivity contribution in [3.8, 4) is 5.75 Å². The van der Waals surface area contributed by atoms with Crippen LogP contribution in [0.2, 0.25) is 0 Å². The first-order chi connectivity index (χ1) is 8.86. The lowest BCUT2D eigenvalue weighted by molar-refractivity contribution is 0.159. The van der Waals surface area contributed by atoms with Crippen LogP contribution >= 0.6 is 0 Å². The summed E-state index contributed by atoms with van der Waals surface area (Å²) in [5.41, 5.74) is 10.7. The fourth-order valence-electron chi connectivity index (χ4n) is 1.31. The van der Waals surface area contributed by atoms with Crippen LogP contribution in [-0.4, -0.2) is 34.8 Å². The Balaban J connectivity index is 2.80. The Morgan fingerprint density at radius 1 is 1.42 bits per heavy atom. The topological polar surface area (TPSA) is 134 Å². The monoisotopic (exact) mass is 289 g/mol. The Morgan fingerprint density at radius 2 is 2.11 bits per heavy atom. The molecule has 19 heavy (non-hydrogen) atoms. The number of nitrogen functional groups attached to an aromatic ring is 1. The summed E-state index contributed by atoms with van der Waals surface area (Å²) in [6, 6.07) is 4.16. The number of hydrogen-bond donors (Lipinski definition) is 3. The van der Waals surface area contributed by atoms with Gasteiger partial charge in [0.15, 0.2) is 0 Å². The maximum Gasteiger partial charge on any atom is 0.404 e. The van der Waals surface area contributed by atoms with E-state index < -0.39 is 16.1 Å². The van der Waals surface area contributed by atoms with Gasteiger partial charge in [0, 0.05) is 18.3 Å². The van der Waals surface area contributed by atoms with Gasteiger partial charge in [-0.3, -0.25) is 0 Å². The molecule has 0 aliphatic rings. The van der Waals surface area contributed by atoms with Gasteiger partial charge in [-0.05, 0) is 12.1 Å². The van der Waals surface area contributed by atoms with Gasteiger partial charge in [-0.25, -0.2) is 17.9 Å². The number of nitrogens with one attached hydrogen (secondary N) is 1. The van der Waals surface area contributed by atoms with Crippen molar-refractivity contribution in [2.24, 2.45) is 5.73 Å². The number of primary amides is 1. The maximum absolute atomic E-state index is 12.0. The van der Waals surface area contributed by atoms with Crippen molar-refractivity contribution in [3.05, 3.63) is 18.2 Å². The predicted molar refractivity (Wildman–Crippen MR) is 68.1 cm³/mol. The molecule has 106 valence electrons. The average molecular weight is 289 g/mol. The van der Waals surface area contributed by atoms with Crippen LogP contribution in [0.15, 0.2) is 23.1 Å². The van der Waals surface area contributed by atoms with E-state index in [0.29, 0.717) is 5.69 Å². The minimum atomic E-state index is -3.78. The first kappa shape index (κ1) is 15.1.